The Labute approximate surface area is 149 Å². The normalized spacial score (nSPS) is 14.7. The molecular weight excluding hydrogens is 343 g/mol. The molecule has 1 aromatic carbocycles. The molecule has 4 rings (SSSR count). The highest BCUT2D eigenvalue weighted by atomic mass is 35.5. The van der Waals surface area contributed by atoms with Crippen molar-refractivity contribution in [2.75, 3.05) is 30.0 Å². The second kappa shape index (κ2) is 6.78. The maximum Gasteiger partial charge on any atom is 0.165 e. The maximum atomic E-state index is 14.2. The number of pyridine rings is 1. The summed E-state index contributed by atoms with van der Waals surface area (Å²) in [6.45, 7) is 2.69. The highest BCUT2D eigenvalue weighted by Crippen LogP contribution is 2.29. The molecule has 1 aliphatic heterocycles. The van der Waals surface area contributed by atoms with Gasteiger partial charge in [-0.05, 0) is 31.2 Å². The number of hydrogen-bond donors (Lipinski definition) is 2. The molecule has 0 radical (unpaired) electrons. The zero-order chi connectivity index (χ0) is 17.2. The topological polar surface area (TPSA) is 66.0 Å². The van der Waals surface area contributed by atoms with E-state index in [1.165, 1.54) is 12.4 Å². The lowest BCUT2D eigenvalue weighted by Gasteiger charge is -2.28. The molecule has 1 aliphatic rings. The van der Waals surface area contributed by atoms with Crippen LogP contribution in [0.5, 0.6) is 0 Å². The van der Waals surface area contributed by atoms with Crippen LogP contribution in [0, 0.1) is 5.82 Å². The maximum absolute atomic E-state index is 14.2. The lowest BCUT2D eigenvalue weighted by molar-refractivity contribution is 0.549. The van der Waals surface area contributed by atoms with Gasteiger partial charge in [0, 0.05) is 11.9 Å². The molecule has 0 saturated carbocycles. The summed E-state index contributed by atoms with van der Waals surface area (Å²) in [5.74, 6) is 0.842. The molecule has 0 aliphatic carbocycles. The van der Waals surface area contributed by atoms with E-state index in [0.29, 0.717) is 11.3 Å². The van der Waals surface area contributed by atoms with Crippen LogP contribution in [0.2, 0.25) is 5.02 Å². The van der Waals surface area contributed by atoms with Crippen molar-refractivity contribution in [3.8, 4) is 0 Å². The second-order valence-corrected chi connectivity index (χ2v) is 6.19. The number of hydrogen-bond acceptors (Lipinski definition) is 6. The summed E-state index contributed by atoms with van der Waals surface area (Å²) in [5, 5.41) is 7.17. The predicted molar refractivity (Wildman–Crippen MR) is 96.9 cm³/mol. The number of benzene rings is 1. The Bertz CT molecular complexity index is 913. The first kappa shape index (κ1) is 16.0. The van der Waals surface area contributed by atoms with Crippen molar-refractivity contribution < 1.29 is 4.39 Å². The van der Waals surface area contributed by atoms with Gasteiger partial charge in [-0.25, -0.2) is 19.3 Å². The molecule has 2 N–H and O–H groups in total. The second-order valence-electron chi connectivity index (χ2n) is 5.78. The molecule has 3 heterocycles. The van der Waals surface area contributed by atoms with Crippen LogP contribution in [0.3, 0.4) is 0 Å². The van der Waals surface area contributed by atoms with Crippen molar-refractivity contribution in [1.29, 1.82) is 0 Å². The van der Waals surface area contributed by atoms with Crippen molar-refractivity contribution in [3.05, 3.63) is 47.6 Å². The third kappa shape index (κ3) is 3.20. The standard InChI is InChI=1S/C17H16ClFN6/c18-12-3-1-4-13(16(12)19)24-17-11-7-15(25-6-2-5-20-10-25)21-8-14(11)22-9-23-17/h1,3-4,7-9,20H,2,5-6,10H2,(H,22,23,24). The number of nitrogens with one attached hydrogen (secondary N) is 2. The largest absolute Gasteiger partial charge is 0.344 e. The van der Waals surface area contributed by atoms with E-state index in [1.807, 2.05) is 6.07 Å². The first-order chi connectivity index (χ1) is 12.2. The summed E-state index contributed by atoms with van der Waals surface area (Å²) in [6.07, 6.45) is 4.20. The van der Waals surface area contributed by atoms with Crippen LogP contribution in [0.4, 0.5) is 21.7 Å². The zero-order valence-corrected chi connectivity index (χ0v) is 14.1. The van der Waals surface area contributed by atoms with Gasteiger partial charge in [0.25, 0.3) is 0 Å². The van der Waals surface area contributed by atoms with Gasteiger partial charge in [0.15, 0.2) is 5.82 Å². The van der Waals surface area contributed by atoms with Crippen molar-refractivity contribution in [2.24, 2.45) is 0 Å². The molecule has 1 saturated heterocycles. The molecular formula is C17H16ClFN6. The highest BCUT2D eigenvalue weighted by molar-refractivity contribution is 6.31. The summed E-state index contributed by atoms with van der Waals surface area (Å²) >= 11 is 5.85. The molecule has 0 bridgehead atoms. The fourth-order valence-electron chi connectivity index (χ4n) is 2.83. The molecule has 0 amide bonds. The Balaban J connectivity index is 1.74. The summed E-state index contributed by atoms with van der Waals surface area (Å²) in [7, 11) is 0. The van der Waals surface area contributed by atoms with E-state index in [1.54, 1.807) is 18.3 Å². The van der Waals surface area contributed by atoms with Gasteiger partial charge in [-0.3, -0.25) is 5.32 Å². The van der Waals surface area contributed by atoms with Crippen LogP contribution >= 0.6 is 11.6 Å². The number of fused-ring (bicyclic) bond motifs is 1. The lowest BCUT2D eigenvalue weighted by Crippen LogP contribution is -2.41. The number of anilines is 3. The monoisotopic (exact) mass is 358 g/mol. The minimum atomic E-state index is -0.509. The number of rotatable bonds is 3. The van der Waals surface area contributed by atoms with Crippen LogP contribution in [0.15, 0.2) is 36.8 Å². The first-order valence-electron chi connectivity index (χ1n) is 8.00. The summed E-state index contributed by atoms with van der Waals surface area (Å²) in [5.41, 5.74) is 0.958. The van der Waals surface area contributed by atoms with Gasteiger partial charge >= 0.3 is 0 Å². The van der Waals surface area contributed by atoms with Crippen molar-refractivity contribution in [1.82, 2.24) is 20.3 Å². The van der Waals surface area contributed by atoms with Gasteiger partial charge in [-0.15, -0.1) is 0 Å². The van der Waals surface area contributed by atoms with E-state index in [0.717, 1.165) is 37.4 Å². The van der Waals surface area contributed by atoms with Crippen molar-refractivity contribution in [2.45, 2.75) is 6.42 Å². The molecule has 2 aromatic heterocycles. The molecule has 6 nitrogen and oxygen atoms in total. The minimum Gasteiger partial charge on any atom is -0.344 e. The molecule has 0 atom stereocenters. The smallest absolute Gasteiger partial charge is 0.165 e. The van der Waals surface area contributed by atoms with Gasteiger partial charge in [-0.2, -0.15) is 0 Å². The fraction of sp³-hybridized carbons (Fsp3) is 0.235. The average Bonchev–Trinajstić information content (AvgIpc) is 2.66. The summed E-state index contributed by atoms with van der Waals surface area (Å²) in [4.78, 5) is 15.1. The average molecular weight is 359 g/mol. The zero-order valence-electron chi connectivity index (χ0n) is 13.3. The summed E-state index contributed by atoms with van der Waals surface area (Å²) in [6, 6.07) is 6.73. The molecule has 1 fully saturated rings. The molecule has 8 heteroatoms. The Morgan fingerprint density at radius 3 is 3.00 bits per heavy atom. The van der Waals surface area contributed by atoms with Crippen molar-refractivity contribution in [3.63, 3.8) is 0 Å². The van der Waals surface area contributed by atoms with Crippen LogP contribution in [-0.2, 0) is 0 Å². The predicted octanol–water partition coefficient (Wildman–Crippen LogP) is 3.32. The Morgan fingerprint density at radius 2 is 2.16 bits per heavy atom. The Morgan fingerprint density at radius 1 is 1.24 bits per heavy atom. The first-order valence-corrected chi connectivity index (χ1v) is 8.37. The van der Waals surface area contributed by atoms with Crippen molar-refractivity contribution >= 4 is 39.8 Å². The molecule has 0 spiro atoms. The van der Waals surface area contributed by atoms with E-state index < -0.39 is 5.82 Å². The van der Waals surface area contributed by atoms with Gasteiger partial charge in [0.2, 0.25) is 0 Å². The molecule has 0 unspecified atom stereocenters. The third-order valence-corrected chi connectivity index (χ3v) is 4.41. The molecule has 128 valence electrons. The van der Waals surface area contributed by atoms with Gasteiger partial charge < -0.3 is 10.2 Å². The Kier molecular flexibility index (Phi) is 4.33. The lowest BCUT2D eigenvalue weighted by atomic mass is 10.2. The molecule has 25 heavy (non-hydrogen) atoms. The van der Waals surface area contributed by atoms with E-state index in [9.17, 15) is 4.39 Å². The molecule has 3 aromatic rings. The number of aromatic nitrogens is 3. The number of nitrogens with zero attached hydrogens (tertiary/aromatic N) is 4. The van der Waals surface area contributed by atoms with E-state index in [4.69, 9.17) is 11.6 Å². The third-order valence-electron chi connectivity index (χ3n) is 4.12. The van der Waals surface area contributed by atoms with Crippen LogP contribution in [0.1, 0.15) is 6.42 Å². The van der Waals surface area contributed by atoms with E-state index in [-0.39, 0.29) is 10.7 Å². The minimum absolute atomic E-state index is 0.0603. The van der Waals surface area contributed by atoms with E-state index >= 15 is 0 Å². The SMILES string of the molecule is Fc1c(Cl)cccc1Nc1ncnc2cnc(N3CCCNC3)cc12. The highest BCUT2D eigenvalue weighted by Gasteiger charge is 2.15. The van der Waals surface area contributed by atoms with E-state index in [2.05, 4.69) is 30.5 Å². The fourth-order valence-corrected chi connectivity index (χ4v) is 3.01. The van der Waals surface area contributed by atoms with Crippen LogP contribution < -0.4 is 15.5 Å². The summed E-state index contributed by atoms with van der Waals surface area (Å²) < 4.78 is 14.2. The van der Waals surface area contributed by atoms with Gasteiger partial charge in [0.05, 0.1) is 29.1 Å². The quantitative estimate of drug-likeness (QED) is 0.748. The van der Waals surface area contributed by atoms with Gasteiger partial charge in [-0.1, -0.05) is 17.7 Å². The van der Waals surface area contributed by atoms with Crippen LogP contribution in [0.25, 0.3) is 10.9 Å². The van der Waals surface area contributed by atoms with Crippen LogP contribution in [-0.4, -0.2) is 34.7 Å². The van der Waals surface area contributed by atoms with Gasteiger partial charge in [0.1, 0.15) is 18.0 Å². The number of halogens is 2. The Hall–Kier alpha value is -2.51.